The zero-order chi connectivity index (χ0) is 27.9. The van der Waals surface area contributed by atoms with Crippen molar-refractivity contribution in [2.24, 2.45) is 0 Å². The molecule has 0 bridgehead atoms. The number of carbonyl (C=O) groups is 1. The first-order chi connectivity index (χ1) is 20.0. The van der Waals surface area contributed by atoms with E-state index in [4.69, 9.17) is 0 Å². The number of anilines is 1. The van der Waals surface area contributed by atoms with Crippen LogP contribution in [0, 0.1) is 12.7 Å². The molecule has 0 saturated carbocycles. The first-order valence-corrected chi connectivity index (χ1v) is 13.1. The van der Waals surface area contributed by atoms with Crippen molar-refractivity contribution in [3.8, 4) is 33.8 Å². The predicted molar refractivity (Wildman–Crippen MR) is 159 cm³/mol. The largest absolute Gasteiger partial charge is 0.353 e. The maximum absolute atomic E-state index is 14.2. The second-order valence-electron chi connectivity index (χ2n) is 9.94. The minimum atomic E-state index is -0.293. The van der Waals surface area contributed by atoms with Crippen LogP contribution in [0.15, 0.2) is 104 Å². The second-order valence-corrected chi connectivity index (χ2v) is 9.94. The highest BCUT2D eigenvalue weighted by Gasteiger charge is 2.16. The third-order valence-electron chi connectivity index (χ3n) is 7.05. The Kier molecular flexibility index (Phi) is 5.86. The number of hydrogen-bond donors (Lipinski definition) is 3. The minimum Gasteiger partial charge on any atom is -0.353 e. The van der Waals surface area contributed by atoms with Crippen LogP contribution in [0.3, 0.4) is 0 Å². The molecule has 0 spiro atoms. The van der Waals surface area contributed by atoms with Crippen molar-refractivity contribution < 1.29 is 9.18 Å². The van der Waals surface area contributed by atoms with Gasteiger partial charge in [0.2, 0.25) is 0 Å². The summed E-state index contributed by atoms with van der Waals surface area (Å²) in [5.74, 6) is -0.489. The molecule has 7 aromatic rings. The molecule has 4 aromatic heterocycles. The van der Waals surface area contributed by atoms with Gasteiger partial charge in [0.05, 0.1) is 28.8 Å². The van der Waals surface area contributed by atoms with E-state index in [1.165, 1.54) is 12.1 Å². The number of aromatic amines is 2. The monoisotopic (exact) mass is 538 g/mol. The number of hydrogen-bond acceptors (Lipinski definition) is 4. The first kappa shape index (κ1) is 24.4. The van der Waals surface area contributed by atoms with Gasteiger partial charge in [0.25, 0.3) is 5.91 Å². The number of amides is 1. The summed E-state index contributed by atoms with van der Waals surface area (Å²) in [6.45, 7) is 1.87. The summed E-state index contributed by atoms with van der Waals surface area (Å²) < 4.78 is 14.2. The van der Waals surface area contributed by atoms with Gasteiger partial charge in [-0.15, -0.1) is 0 Å². The lowest BCUT2D eigenvalue weighted by Crippen LogP contribution is -2.11. The molecular formula is C33H23FN6O. The quantitative estimate of drug-likeness (QED) is 0.211. The van der Waals surface area contributed by atoms with E-state index in [1.807, 2.05) is 61.5 Å². The van der Waals surface area contributed by atoms with Crippen molar-refractivity contribution in [1.82, 2.24) is 25.1 Å². The average molecular weight is 539 g/mol. The standard InChI is InChI=1S/C33H23FN6O/c1-19-11-22(13-24(34)12-19)31-27-16-30(38-28(27)9-10-36-31)32-26-15-21(7-8-29(26)39-40-32)23-14-25(18-35-17-23)37-33(41)20-5-3-2-4-6-20/h2-18,38H,1H3,(H,37,41)(H,39,40). The minimum absolute atomic E-state index is 0.196. The van der Waals surface area contributed by atoms with Gasteiger partial charge in [-0.1, -0.05) is 24.3 Å². The number of halogens is 1. The molecule has 4 heterocycles. The molecule has 3 N–H and O–H groups in total. The highest BCUT2D eigenvalue weighted by Crippen LogP contribution is 2.35. The lowest BCUT2D eigenvalue weighted by Gasteiger charge is -2.08. The second kappa shape index (κ2) is 9.84. The van der Waals surface area contributed by atoms with Gasteiger partial charge >= 0.3 is 0 Å². The van der Waals surface area contributed by atoms with Crippen LogP contribution < -0.4 is 5.32 Å². The molecule has 0 radical (unpaired) electrons. The van der Waals surface area contributed by atoms with Crippen LogP contribution in [0.25, 0.3) is 55.6 Å². The summed E-state index contributed by atoms with van der Waals surface area (Å²) in [7, 11) is 0. The van der Waals surface area contributed by atoms with Crippen LogP contribution in [0.1, 0.15) is 15.9 Å². The summed E-state index contributed by atoms with van der Waals surface area (Å²) in [5, 5.41) is 12.5. The zero-order valence-electron chi connectivity index (χ0n) is 21.9. The number of pyridine rings is 2. The summed E-state index contributed by atoms with van der Waals surface area (Å²) in [6, 6.07) is 25.8. The van der Waals surface area contributed by atoms with Crippen molar-refractivity contribution >= 4 is 33.4 Å². The van der Waals surface area contributed by atoms with E-state index in [9.17, 15) is 9.18 Å². The van der Waals surface area contributed by atoms with Gasteiger partial charge in [0.1, 0.15) is 11.5 Å². The van der Waals surface area contributed by atoms with Gasteiger partial charge in [-0.05, 0) is 78.7 Å². The molecule has 0 atom stereocenters. The lowest BCUT2D eigenvalue weighted by molar-refractivity contribution is 0.102. The number of nitrogens with one attached hydrogen (secondary N) is 3. The van der Waals surface area contributed by atoms with E-state index in [0.717, 1.165) is 55.4 Å². The molecule has 41 heavy (non-hydrogen) atoms. The van der Waals surface area contributed by atoms with Crippen LogP contribution in [0.5, 0.6) is 0 Å². The van der Waals surface area contributed by atoms with Gasteiger partial charge in [-0.2, -0.15) is 5.10 Å². The highest BCUT2D eigenvalue weighted by atomic mass is 19.1. The van der Waals surface area contributed by atoms with Crippen LogP contribution in [-0.4, -0.2) is 31.1 Å². The third kappa shape index (κ3) is 4.61. The topological polar surface area (TPSA) is 99.3 Å². The Morgan fingerprint density at radius 1 is 0.805 bits per heavy atom. The van der Waals surface area contributed by atoms with Crippen molar-refractivity contribution in [3.05, 3.63) is 120 Å². The molecule has 0 saturated heterocycles. The van der Waals surface area contributed by atoms with Crippen LogP contribution in [0.4, 0.5) is 10.1 Å². The Labute approximate surface area is 234 Å². The van der Waals surface area contributed by atoms with Crippen LogP contribution in [-0.2, 0) is 0 Å². The molecular weight excluding hydrogens is 515 g/mol. The van der Waals surface area contributed by atoms with Crippen molar-refractivity contribution in [1.29, 1.82) is 0 Å². The van der Waals surface area contributed by atoms with E-state index in [1.54, 1.807) is 30.7 Å². The Hall–Kier alpha value is -5.63. The summed E-state index contributed by atoms with van der Waals surface area (Å²) in [6.07, 6.45) is 5.11. The average Bonchev–Trinajstić information content (AvgIpc) is 3.61. The molecule has 0 aliphatic rings. The SMILES string of the molecule is Cc1cc(F)cc(-c2nccc3[nH]c(-c4n[nH]c5ccc(-c6cncc(NC(=O)c7ccccc7)c6)cc45)cc23)c1. The van der Waals surface area contributed by atoms with Gasteiger partial charge in [-0.3, -0.25) is 19.9 Å². The number of H-pyrrole nitrogens is 2. The molecule has 1 amide bonds. The fourth-order valence-electron chi connectivity index (χ4n) is 5.14. The number of rotatable bonds is 5. The van der Waals surface area contributed by atoms with E-state index in [-0.39, 0.29) is 11.7 Å². The molecule has 0 unspecified atom stereocenters. The Morgan fingerprint density at radius 2 is 1.66 bits per heavy atom. The number of aryl methyl sites for hydroxylation is 1. The highest BCUT2D eigenvalue weighted by molar-refractivity contribution is 6.04. The Morgan fingerprint density at radius 3 is 2.51 bits per heavy atom. The summed E-state index contributed by atoms with van der Waals surface area (Å²) >= 11 is 0. The van der Waals surface area contributed by atoms with Gasteiger partial charge in [0.15, 0.2) is 0 Å². The van der Waals surface area contributed by atoms with Gasteiger partial charge in [0, 0.05) is 45.4 Å². The predicted octanol–water partition coefficient (Wildman–Crippen LogP) is 7.54. The third-order valence-corrected chi connectivity index (χ3v) is 7.05. The molecule has 7 rings (SSSR count). The van der Waals surface area contributed by atoms with Crippen molar-refractivity contribution in [2.45, 2.75) is 6.92 Å². The van der Waals surface area contributed by atoms with Crippen LogP contribution >= 0.6 is 0 Å². The number of aromatic nitrogens is 5. The number of benzene rings is 3. The summed E-state index contributed by atoms with van der Waals surface area (Å²) in [5.41, 5.74) is 8.54. The van der Waals surface area contributed by atoms with E-state index in [0.29, 0.717) is 16.9 Å². The maximum Gasteiger partial charge on any atom is 0.255 e. The Balaban J connectivity index is 1.25. The van der Waals surface area contributed by atoms with E-state index in [2.05, 4.69) is 36.5 Å². The Bertz CT molecular complexity index is 2060. The normalized spacial score (nSPS) is 11.3. The number of nitrogens with zero attached hydrogens (tertiary/aromatic N) is 3. The molecule has 0 fully saturated rings. The fraction of sp³-hybridized carbons (Fsp3) is 0.0303. The number of fused-ring (bicyclic) bond motifs is 2. The lowest BCUT2D eigenvalue weighted by atomic mass is 10.0. The van der Waals surface area contributed by atoms with E-state index < -0.39 is 0 Å². The van der Waals surface area contributed by atoms with Crippen LogP contribution in [0.2, 0.25) is 0 Å². The van der Waals surface area contributed by atoms with Gasteiger partial charge < -0.3 is 10.3 Å². The number of carbonyl (C=O) groups excluding carboxylic acids is 1. The molecule has 7 nitrogen and oxygen atoms in total. The molecule has 8 heteroatoms. The molecule has 198 valence electrons. The first-order valence-electron chi connectivity index (χ1n) is 13.1. The molecule has 3 aromatic carbocycles. The molecule has 0 aliphatic carbocycles. The van der Waals surface area contributed by atoms with Crippen molar-refractivity contribution in [3.63, 3.8) is 0 Å². The molecule has 0 aliphatic heterocycles. The zero-order valence-corrected chi connectivity index (χ0v) is 21.9. The van der Waals surface area contributed by atoms with Crippen molar-refractivity contribution in [2.75, 3.05) is 5.32 Å². The van der Waals surface area contributed by atoms with Gasteiger partial charge in [-0.25, -0.2) is 4.39 Å². The summed E-state index contributed by atoms with van der Waals surface area (Å²) in [4.78, 5) is 25.0. The maximum atomic E-state index is 14.2. The van der Waals surface area contributed by atoms with E-state index >= 15 is 0 Å². The fourth-order valence-corrected chi connectivity index (χ4v) is 5.14. The smallest absolute Gasteiger partial charge is 0.255 e.